The maximum Gasteiger partial charge on any atom is 0.0991 e. The van der Waals surface area contributed by atoms with E-state index in [-0.39, 0.29) is 6.04 Å². The molecule has 16 heavy (non-hydrogen) atoms. The molecular formula is C12H16N2OS. The first-order valence-electron chi connectivity index (χ1n) is 5.14. The molecule has 1 N–H and O–H groups in total. The third kappa shape index (κ3) is 4.56. The van der Waals surface area contributed by atoms with Gasteiger partial charge in [-0.25, -0.2) is 0 Å². The highest BCUT2D eigenvalue weighted by Crippen LogP contribution is 2.03. The molecule has 86 valence electrons. The van der Waals surface area contributed by atoms with E-state index in [1.54, 1.807) is 18.4 Å². The molecular weight excluding hydrogens is 220 g/mol. The molecule has 0 heterocycles. The molecule has 0 aliphatic carbocycles. The second-order valence-corrected chi connectivity index (χ2v) is 5.31. The quantitative estimate of drug-likeness (QED) is 0.841. The Morgan fingerprint density at radius 2 is 2.06 bits per heavy atom. The van der Waals surface area contributed by atoms with Crippen molar-refractivity contribution >= 4 is 10.8 Å². The van der Waals surface area contributed by atoms with Crippen molar-refractivity contribution < 1.29 is 4.21 Å². The average Bonchev–Trinajstić information content (AvgIpc) is 2.26. The van der Waals surface area contributed by atoms with Crippen LogP contribution in [0.15, 0.2) is 24.3 Å². The van der Waals surface area contributed by atoms with E-state index in [0.717, 1.165) is 12.1 Å². The topological polar surface area (TPSA) is 52.9 Å². The van der Waals surface area contributed by atoms with Crippen LogP contribution in [-0.4, -0.2) is 22.3 Å². The Labute approximate surface area is 98.9 Å². The first-order chi connectivity index (χ1) is 7.61. The SMILES string of the molecule is CC(CS(C)=O)NCc1ccc(C#N)cc1. The van der Waals surface area contributed by atoms with Crippen LogP contribution in [0.5, 0.6) is 0 Å². The normalized spacial score (nSPS) is 14.1. The van der Waals surface area contributed by atoms with Crippen molar-refractivity contribution in [3.63, 3.8) is 0 Å². The van der Waals surface area contributed by atoms with Crippen molar-refractivity contribution in [2.45, 2.75) is 19.5 Å². The van der Waals surface area contributed by atoms with Gasteiger partial charge in [0.2, 0.25) is 0 Å². The van der Waals surface area contributed by atoms with Gasteiger partial charge in [-0.3, -0.25) is 4.21 Å². The second-order valence-electron chi connectivity index (χ2n) is 3.83. The Kier molecular flexibility index (Phi) is 5.17. The fourth-order valence-electron chi connectivity index (χ4n) is 1.40. The lowest BCUT2D eigenvalue weighted by Crippen LogP contribution is -2.30. The molecule has 0 amide bonds. The van der Waals surface area contributed by atoms with Gasteiger partial charge in [-0.05, 0) is 24.6 Å². The van der Waals surface area contributed by atoms with Gasteiger partial charge in [0, 0.05) is 35.4 Å². The summed E-state index contributed by atoms with van der Waals surface area (Å²) in [6.07, 6.45) is 1.71. The summed E-state index contributed by atoms with van der Waals surface area (Å²) in [4.78, 5) is 0. The van der Waals surface area contributed by atoms with E-state index >= 15 is 0 Å². The predicted octanol–water partition coefficient (Wildman–Crippen LogP) is 1.41. The lowest BCUT2D eigenvalue weighted by atomic mass is 10.1. The highest BCUT2D eigenvalue weighted by atomic mass is 32.2. The van der Waals surface area contributed by atoms with Crippen LogP contribution in [0.3, 0.4) is 0 Å². The molecule has 1 aromatic rings. The largest absolute Gasteiger partial charge is 0.309 e. The van der Waals surface area contributed by atoms with Crippen molar-refractivity contribution in [2.24, 2.45) is 0 Å². The van der Waals surface area contributed by atoms with Crippen molar-refractivity contribution in [1.29, 1.82) is 5.26 Å². The maximum atomic E-state index is 11.0. The second kappa shape index (κ2) is 6.41. The Hall–Kier alpha value is -1.18. The van der Waals surface area contributed by atoms with E-state index in [9.17, 15) is 4.21 Å². The van der Waals surface area contributed by atoms with Crippen LogP contribution in [0, 0.1) is 11.3 Å². The Morgan fingerprint density at radius 3 is 2.56 bits per heavy atom. The van der Waals surface area contributed by atoms with Gasteiger partial charge in [-0.2, -0.15) is 5.26 Å². The summed E-state index contributed by atoms with van der Waals surface area (Å²) in [7, 11) is -0.764. The summed E-state index contributed by atoms with van der Waals surface area (Å²) in [5.74, 6) is 0.663. The molecule has 2 atom stereocenters. The van der Waals surface area contributed by atoms with Gasteiger partial charge in [0.05, 0.1) is 11.6 Å². The molecule has 0 aromatic heterocycles. The van der Waals surface area contributed by atoms with Crippen LogP contribution in [-0.2, 0) is 17.3 Å². The number of hydrogen-bond donors (Lipinski definition) is 1. The number of nitrogens with zero attached hydrogens (tertiary/aromatic N) is 1. The van der Waals surface area contributed by atoms with Crippen LogP contribution in [0.25, 0.3) is 0 Å². The molecule has 0 spiro atoms. The summed E-state index contributed by atoms with van der Waals surface area (Å²) >= 11 is 0. The van der Waals surface area contributed by atoms with Gasteiger partial charge in [0.25, 0.3) is 0 Å². The van der Waals surface area contributed by atoms with E-state index in [1.165, 1.54) is 0 Å². The van der Waals surface area contributed by atoms with Crippen molar-refractivity contribution in [3.05, 3.63) is 35.4 Å². The molecule has 4 heteroatoms. The fraction of sp³-hybridized carbons (Fsp3) is 0.417. The summed E-state index contributed by atoms with van der Waals surface area (Å²) < 4.78 is 11.0. The zero-order chi connectivity index (χ0) is 12.0. The van der Waals surface area contributed by atoms with E-state index in [2.05, 4.69) is 11.4 Å². The molecule has 0 fully saturated rings. The predicted molar refractivity (Wildman–Crippen MR) is 66.4 cm³/mol. The highest BCUT2D eigenvalue weighted by Gasteiger charge is 2.03. The van der Waals surface area contributed by atoms with Crippen LogP contribution in [0.4, 0.5) is 0 Å². The lowest BCUT2D eigenvalue weighted by molar-refractivity contribution is 0.587. The first kappa shape index (κ1) is 12.9. The maximum absolute atomic E-state index is 11.0. The van der Waals surface area contributed by atoms with E-state index in [1.807, 2.05) is 19.1 Å². The molecule has 0 saturated heterocycles. The smallest absolute Gasteiger partial charge is 0.0991 e. The van der Waals surface area contributed by atoms with Crippen LogP contribution < -0.4 is 5.32 Å². The van der Waals surface area contributed by atoms with Crippen molar-refractivity contribution in [3.8, 4) is 6.07 Å². The summed E-state index contributed by atoms with van der Waals surface area (Å²) in [6.45, 7) is 2.76. The standard InChI is InChI=1S/C12H16N2OS/c1-10(9-16(2)15)14-8-12-5-3-11(7-13)4-6-12/h3-6,10,14H,8-9H2,1-2H3. The van der Waals surface area contributed by atoms with Crippen molar-refractivity contribution in [1.82, 2.24) is 5.32 Å². The molecule has 3 nitrogen and oxygen atoms in total. The van der Waals surface area contributed by atoms with E-state index in [0.29, 0.717) is 11.3 Å². The van der Waals surface area contributed by atoms with Crippen LogP contribution >= 0.6 is 0 Å². The number of nitriles is 1. The van der Waals surface area contributed by atoms with Crippen molar-refractivity contribution in [2.75, 3.05) is 12.0 Å². The zero-order valence-corrected chi connectivity index (χ0v) is 10.4. The molecule has 1 rings (SSSR count). The summed E-state index contributed by atoms with van der Waals surface area (Å²) in [5.41, 5.74) is 1.80. The van der Waals surface area contributed by atoms with Gasteiger partial charge in [-0.15, -0.1) is 0 Å². The highest BCUT2D eigenvalue weighted by molar-refractivity contribution is 7.84. The minimum absolute atomic E-state index is 0.237. The Morgan fingerprint density at radius 1 is 1.44 bits per heavy atom. The fourth-order valence-corrected chi connectivity index (χ4v) is 2.22. The molecule has 0 saturated carbocycles. The van der Waals surface area contributed by atoms with Gasteiger partial charge >= 0.3 is 0 Å². The monoisotopic (exact) mass is 236 g/mol. The number of rotatable bonds is 5. The number of nitrogens with one attached hydrogen (secondary N) is 1. The third-order valence-corrected chi connectivity index (χ3v) is 3.19. The minimum Gasteiger partial charge on any atom is -0.309 e. The number of hydrogen-bond acceptors (Lipinski definition) is 3. The molecule has 0 bridgehead atoms. The zero-order valence-electron chi connectivity index (χ0n) is 9.56. The van der Waals surface area contributed by atoms with Crippen LogP contribution in [0.1, 0.15) is 18.1 Å². The lowest BCUT2D eigenvalue weighted by Gasteiger charge is -2.12. The summed E-state index contributed by atoms with van der Waals surface area (Å²) in [5, 5.41) is 11.9. The van der Waals surface area contributed by atoms with E-state index in [4.69, 9.17) is 5.26 Å². The first-order valence-corrected chi connectivity index (χ1v) is 6.87. The molecule has 0 radical (unpaired) electrons. The average molecular weight is 236 g/mol. The molecule has 0 aliphatic rings. The molecule has 0 aliphatic heterocycles. The number of benzene rings is 1. The van der Waals surface area contributed by atoms with E-state index < -0.39 is 10.8 Å². The van der Waals surface area contributed by atoms with Gasteiger partial charge in [0.15, 0.2) is 0 Å². The summed E-state index contributed by atoms with van der Waals surface area (Å²) in [6, 6.07) is 9.80. The Balaban J connectivity index is 2.43. The molecule has 1 aromatic carbocycles. The van der Waals surface area contributed by atoms with Gasteiger partial charge in [0.1, 0.15) is 0 Å². The van der Waals surface area contributed by atoms with Gasteiger partial charge in [-0.1, -0.05) is 12.1 Å². The van der Waals surface area contributed by atoms with Crippen LogP contribution in [0.2, 0.25) is 0 Å². The Bertz CT molecular complexity index is 394. The third-order valence-electron chi connectivity index (χ3n) is 2.22. The minimum atomic E-state index is -0.764. The molecule has 2 unspecified atom stereocenters. The van der Waals surface area contributed by atoms with Gasteiger partial charge < -0.3 is 5.32 Å².